The van der Waals surface area contributed by atoms with Crippen LogP contribution in [0.15, 0.2) is 69.2 Å². The molecule has 3 aromatic heterocycles. The van der Waals surface area contributed by atoms with Crippen LogP contribution in [0, 0.1) is 0 Å². The Morgan fingerprint density at radius 3 is 2.74 bits per heavy atom. The van der Waals surface area contributed by atoms with Crippen LogP contribution in [0.25, 0.3) is 22.2 Å². The first-order valence-electron chi connectivity index (χ1n) is 10.3. The van der Waals surface area contributed by atoms with Gasteiger partial charge in [-0.1, -0.05) is 0 Å². The summed E-state index contributed by atoms with van der Waals surface area (Å²) in [4.78, 5) is 36.1. The first kappa shape index (κ1) is 21.9. The van der Waals surface area contributed by atoms with Gasteiger partial charge in [0.15, 0.2) is 0 Å². The molecule has 1 amide bonds. The van der Waals surface area contributed by atoms with E-state index < -0.39 is 21.5 Å². The fourth-order valence-electron chi connectivity index (χ4n) is 3.66. The molecule has 0 unspecified atom stereocenters. The summed E-state index contributed by atoms with van der Waals surface area (Å²) < 4.78 is 38.1. The lowest BCUT2D eigenvalue weighted by molar-refractivity contribution is 0.0730. The van der Waals surface area contributed by atoms with Crippen molar-refractivity contribution < 1.29 is 22.4 Å². The molecule has 0 aliphatic carbocycles. The van der Waals surface area contributed by atoms with E-state index in [-0.39, 0.29) is 34.9 Å². The molecule has 1 aliphatic rings. The summed E-state index contributed by atoms with van der Waals surface area (Å²) in [5.74, 6) is -0.670. The number of carbonyl (C=O) groups is 1. The van der Waals surface area contributed by atoms with Crippen molar-refractivity contribution in [2.75, 3.05) is 31.6 Å². The third-order valence-corrected chi connectivity index (χ3v) is 7.24. The van der Waals surface area contributed by atoms with Gasteiger partial charge in [0, 0.05) is 48.0 Å². The minimum absolute atomic E-state index is 0.0120. The van der Waals surface area contributed by atoms with E-state index >= 15 is 0 Å². The van der Waals surface area contributed by atoms with E-state index in [0.717, 1.165) is 6.07 Å². The van der Waals surface area contributed by atoms with E-state index in [1.807, 2.05) is 0 Å². The van der Waals surface area contributed by atoms with E-state index in [1.54, 1.807) is 24.5 Å². The molecule has 1 aromatic carbocycles. The number of aromatic amines is 1. The molecular formula is C22H19N5O6S. The minimum Gasteiger partial charge on any atom is -0.431 e. The van der Waals surface area contributed by atoms with Crippen LogP contribution in [-0.2, 0) is 14.8 Å². The molecule has 1 aliphatic heterocycles. The number of carbonyl (C=O) groups excluding carboxylic acids is 1. The van der Waals surface area contributed by atoms with Crippen molar-refractivity contribution in [3.05, 3.63) is 71.0 Å². The van der Waals surface area contributed by atoms with E-state index in [4.69, 9.17) is 9.15 Å². The fourth-order valence-corrected chi connectivity index (χ4v) is 5.09. The van der Waals surface area contributed by atoms with Crippen LogP contribution in [0.1, 0.15) is 10.4 Å². The number of amides is 1. The van der Waals surface area contributed by atoms with Gasteiger partial charge < -0.3 is 14.1 Å². The summed E-state index contributed by atoms with van der Waals surface area (Å²) in [6, 6.07) is 8.81. The Labute approximate surface area is 193 Å². The van der Waals surface area contributed by atoms with Gasteiger partial charge in [-0.25, -0.2) is 8.42 Å². The van der Waals surface area contributed by atoms with Crippen molar-refractivity contribution in [2.45, 2.75) is 4.90 Å². The molecule has 0 atom stereocenters. The number of oxazole rings is 1. The second-order valence-corrected chi connectivity index (χ2v) is 9.44. The summed E-state index contributed by atoms with van der Waals surface area (Å²) >= 11 is 0. The number of nitrogens with zero attached hydrogens (tertiary/aromatic N) is 3. The molecule has 0 saturated carbocycles. The number of fused-ring (bicyclic) bond motifs is 1. The fraction of sp³-hybridized carbons (Fsp3) is 0.182. The highest BCUT2D eigenvalue weighted by Crippen LogP contribution is 2.25. The zero-order chi connectivity index (χ0) is 23.7. The van der Waals surface area contributed by atoms with Gasteiger partial charge in [0.2, 0.25) is 15.6 Å². The molecule has 1 fully saturated rings. The first-order chi connectivity index (χ1) is 16.4. The number of hydrogen-bond donors (Lipinski definition) is 2. The van der Waals surface area contributed by atoms with E-state index in [1.165, 1.54) is 28.8 Å². The molecule has 0 spiro atoms. The molecule has 2 N–H and O–H groups in total. The smallest absolute Gasteiger partial charge is 0.302 e. The van der Waals surface area contributed by atoms with Gasteiger partial charge in [-0.15, -0.1) is 0 Å². The molecule has 11 nitrogen and oxygen atoms in total. The number of pyridine rings is 2. The predicted molar refractivity (Wildman–Crippen MR) is 122 cm³/mol. The Balaban J connectivity index is 1.49. The lowest BCUT2D eigenvalue weighted by atomic mass is 10.1. The number of rotatable bonds is 5. The Morgan fingerprint density at radius 1 is 1.15 bits per heavy atom. The van der Waals surface area contributed by atoms with E-state index in [2.05, 4.69) is 20.3 Å². The third kappa shape index (κ3) is 4.21. The molecular weight excluding hydrogens is 462 g/mol. The van der Waals surface area contributed by atoms with Gasteiger partial charge in [0.05, 0.1) is 23.7 Å². The second-order valence-electron chi connectivity index (χ2n) is 7.50. The minimum atomic E-state index is -3.80. The molecule has 4 heterocycles. The number of H-pyrrole nitrogens is 1. The average Bonchev–Trinajstić information content (AvgIpc) is 3.32. The van der Waals surface area contributed by atoms with Crippen LogP contribution in [0.5, 0.6) is 0 Å². The largest absolute Gasteiger partial charge is 0.431 e. The van der Waals surface area contributed by atoms with Crippen LogP contribution in [0.2, 0.25) is 0 Å². The molecule has 1 saturated heterocycles. The molecule has 34 heavy (non-hydrogen) atoms. The maximum Gasteiger partial charge on any atom is 0.302 e. The summed E-state index contributed by atoms with van der Waals surface area (Å²) in [6.45, 7) is 1.10. The Bertz CT molecular complexity index is 1520. The van der Waals surface area contributed by atoms with Gasteiger partial charge in [-0.2, -0.15) is 9.29 Å². The standard InChI is InChI=1S/C22H19N5O6S/c28-20-11-17(21(29)26-22-25-19(13-33-22)14-2-1-5-23-12-14)16-10-15(3-4-18(16)24-20)34(30,31)27-6-8-32-9-7-27/h1-5,10-13H,6-9H2,(H,24,28)(H,25,26,29). The van der Waals surface area contributed by atoms with Crippen molar-refractivity contribution in [3.63, 3.8) is 0 Å². The van der Waals surface area contributed by atoms with Crippen molar-refractivity contribution in [1.29, 1.82) is 0 Å². The summed E-state index contributed by atoms with van der Waals surface area (Å²) in [5.41, 5.74) is 0.968. The number of anilines is 1. The molecule has 4 aromatic rings. The summed E-state index contributed by atoms with van der Waals surface area (Å²) in [7, 11) is -3.80. The monoisotopic (exact) mass is 481 g/mol. The Kier molecular flexibility index (Phi) is 5.69. The number of morpholine rings is 1. The van der Waals surface area contributed by atoms with Gasteiger partial charge in [0.25, 0.3) is 5.91 Å². The maximum absolute atomic E-state index is 13.1. The van der Waals surface area contributed by atoms with Crippen molar-refractivity contribution >= 4 is 32.8 Å². The summed E-state index contributed by atoms with van der Waals surface area (Å²) in [5, 5.41) is 2.79. The zero-order valence-electron chi connectivity index (χ0n) is 17.7. The number of ether oxygens (including phenoxy) is 1. The topological polar surface area (TPSA) is 147 Å². The SMILES string of the molecule is O=C(Nc1nc(-c2cccnc2)co1)c1cc(=O)[nH]c2ccc(S(=O)(=O)N3CCOCC3)cc12. The molecule has 0 radical (unpaired) electrons. The van der Waals surface area contributed by atoms with Crippen LogP contribution in [0.3, 0.4) is 0 Å². The van der Waals surface area contributed by atoms with E-state index in [0.29, 0.717) is 30.0 Å². The van der Waals surface area contributed by atoms with Crippen LogP contribution < -0.4 is 10.9 Å². The lowest BCUT2D eigenvalue weighted by Crippen LogP contribution is -2.40. The van der Waals surface area contributed by atoms with Gasteiger partial charge in [-0.05, 0) is 30.3 Å². The number of nitrogens with one attached hydrogen (secondary N) is 2. The highest BCUT2D eigenvalue weighted by atomic mass is 32.2. The van der Waals surface area contributed by atoms with Crippen molar-refractivity contribution in [1.82, 2.24) is 19.3 Å². The predicted octanol–water partition coefficient (Wildman–Crippen LogP) is 1.85. The highest BCUT2D eigenvalue weighted by molar-refractivity contribution is 7.89. The van der Waals surface area contributed by atoms with Crippen LogP contribution in [0.4, 0.5) is 6.01 Å². The Morgan fingerprint density at radius 2 is 1.97 bits per heavy atom. The normalized spacial score (nSPS) is 14.8. The lowest BCUT2D eigenvalue weighted by Gasteiger charge is -2.26. The van der Waals surface area contributed by atoms with Gasteiger partial charge in [0.1, 0.15) is 12.0 Å². The van der Waals surface area contributed by atoms with E-state index in [9.17, 15) is 18.0 Å². The van der Waals surface area contributed by atoms with Gasteiger partial charge in [-0.3, -0.25) is 19.9 Å². The quantitative estimate of drug-likeness (QED) is 0.439. The molecule has 5 rings (SSSR count). The maximum atomic E-state index is 13.1. The third-order valence-electron chi connectivity index (χ3n) is 5.35. The summed E-state index contributed by atoms with van der Waals surface area (Å²) in [6.07, 6.45) is 4.59. The van der Waals surface area contributed by atoms with Crippen molar-refractivity contribution in [2.24, 2.45) is 0 Å². The first-order valence-corrected chi connectivity index (χ1v) is 11.8. The Hall–Kier alpha value is -3.87. The number of sulfonamides is 1. The van der Waals surface area contributed by atoms with Gasteiger partial charge >= 0.3 is 6.01 Å². The zero-order valence-corrected chi connectivity index (χ0v) is 18.5. The average molecular weight is 481 g/mol. The number of benzene rings is 1. The second kappa shape index (κ2) is 8.82. The van der Waals surface area contributed by atoms with Crippen LogP contribution in [-0.4, -0.2) is 59.9 Å². The molecule has 174 valence electrons. The number of aromatic nitrogens is 3. The molecule has 12 heteroatoms. The number of hydrogen-bond acceptors (Lipinski definition) is 8. The highest BCUT2D eigenvalue weighted by Gasteiger charge is 2.27. The molecule has 0 bridgehead atoms. The van der Waals surface area contributed by atoms with Crippen LogP contribution >= 0.6 is 0 Å². The van der Waals surface area contributed by atoms with Crippen molar-refractivity contribution in [3.8, 4) is 11.3 Å².